The highest BCUT2D eigenvalue weighted by Crippen LogP contribution is 2.41. The summed E-state index contributed by atoms with van der Waals surface area (Å²) in [6, 6.07) is 20.1. The van der Waals surface area contributed by atoms with Gasteiger partial charge in [0.2, 0.25) is 0 Å². The van der Waals surface area contributed by atoms with Crippen LogP contribution in [0.1, 0.15) is 30.0 Å². The predicted octanol–water partition coefficient (Wildman–Crippen LogP) is 5.49. The summed E-state index contributed by atoms with van der Waals surface area (Å²) in [5, 5.41) is 9.61. The summed E-state index contributed by atoms with van der Waals surface area (Å²) in [5.74, 6) is -0.537. The lowest BCUT2D eigenvalue weighted by Crippen LogP contribution is -2.33. The molecule has 0 heterocycles. The number of anilines is 1. The molecule has 1 aliphatic carbocycles. The van der Waals surface area contributed by atoms with Crippen molar-refractivity contribution in [1.29, 1.82) is 0 Å². The number of ether oxygens (including phenoxy) is 1. The zero-order valence-electron chi connectivity index (χ0n) is 17.1. The monoisotopic (exact) mass is 471 g/mol. The normalized spacial score (nSPS) is 16.1. The maximum absolute atomic E-state index is 12.4. The lowest BCUT2D eigenvalue weighted by atomic mass is 9.87. The number of hydrogen-bond acceptors (Lipinski definition) is 3. The summed E-state index contributed by atoms with van der Waals surface area (Å²) in [6.07, 6.45) is 2.21. The molecule has 8 heteroatoms. The Morgan fingerprint density at radius 3 is 2.34 bits per heavy atom. The molecule has 2 atom stereocenters. The molecule has 166 valence electrons. The van der Waals surface area contributed by atoms with E-state index in [2.05, 4.69) is 0 Å². The number of carbonyl (C=O) groups is 1. The molecule has 3 aromatic rings. The third-order valence-electron chi connectivity index (χ3n) is 5.53. The Bertz CT molecular complexity index is 1130. The average Bonchev–Trinajstić information content (AvgIpc) is 2.79. The SMILES string of the molecule is O=C(O)COc1cccc2c1CCCC2N(c1ccc(-c2ccc(Cl)cc2)cc1)S(=O)O. The number of benzene rings is 3. The van der Waals surface area contributed by atoms with Crippen LogP contribution < -0.4 is 9.04 Å². The molecular weight excluding hydrogens is 450 g/mol. The van der Waals surface area contributed by atoms with Crippen molar-refractivity contribution in [3.8, 4) is 16.9 Å². The third kappa shape index (κ3) is 4.80. The number of rotatable bonds is 7. The minimum absolute atomic E-state index is 0.334. The smallest absolute Gasteiger partial charge is 0.341 e. The van der Waals surface area contributed by atoms with Gasteiger partial charge < -0.3 is 9.84 Å². The molecule has 3 aromatic carbocycles. The van der Waals surface area contributed by atoms with Crippen LogP contribution in [0.15, 0.2) is 66.7 Å². The van der Waals surface area contributed by atoms with Crippen molar-refractivity contribution in [2.75, 3.05) is 10.9 Å². The average molecular weight is 472 g/mol. The fourth-order valence-corrected chi connectivity index (χ4v) is 5.00. The van der Waals surface area contributed by atoms with Crippen LogP contribution in [0.4, 0.5) is 5.69 Å². The van der Waals surface area contributed by atoms with Gasteiger partial charge in [0, 0.05) is 5.02 Å². The summed E-state index contributed by atoms with van der Waals surface area (Å²) < 4.78 is 29.6. The minimum Gasteiger partial charge on any atom is -0.482 e. The van der Waals surface area contributed by atoms with Gasteiger partial charge in [0.25, 0.3) is 11.3 Å². The Labute approximate surface area is 193 Å². The summed E-state index contributed by atoms with van der Waals surface area (Å²) >= 11 is 3.72. The summed E-state index contributed by atoms with van der Waals surface area (Å²) in [6.45, 7) is -0.428. The minimum atomic E-state index is -2.25. The first kappa shape index (κ1) is 22.3. The van der Waals surface area contributed by atoms with Crippen LogP contribution in [-0.2, 0) is 22.5 Å². The van der Waals surface area contributed by atoms with E-state index in [1.807, 2.05) is 54.6 Å². The molecule has 2 N–H and O–H groups in total. The molecule has 0 radical (unpaired) electrons. The molecule has 0 bridgehead atoms. The molecule has 6 nitrogen and oxygen atoms in total. The Morgan fingerprint density at radius 1 is 1.06 bits per heavy atom. The van der Waals surface area contributed by atoms with Crippen molar-refractivity contribution in [3.05, 3.63) is 82.9 Å². The number of halogens is 1. The Morgan fingerprint density at radius 2 is 1.72 bits per heavy atom. The van der Waals surface area contributed by atoms with Gasteiger partial charge in [-0.05, 0) is 71.8 Å². The molecule has 0 aliphatic heterocycles. The van der Waals surface area contributed by atoms with Crippen LogP contribution in [0.5, 0.6) is 5.75 Å². The standard InChI is InChI=1S/C24H22ClNO5S/c25-18-11-7-16(8-12-18)17-9-13-19(14-10-17)26(32(29)30)22-5-1-4-21-20(22)3-2-6-23(21)31-15-24(27)28/h2-3,6-14,22H,1,4-5,15H2,(H,27,28)(H,29,30). The molecule has 0 fully saturated rings. The van der Waals surface area contributed by atoms with Gasteiger partial charge in [-0.2, -0.15) is 0 Å². The van der Waals surface area contributed by atoms with Crippen molar-refractivity contribution >= 4 is 34.5 Å². The first-order valence-electron chi connectivity index (χ1n) is 10.2. The molecule has 0 saturated heterocycles. The predicted molar refractivity (Wildman–Crippen MR) is 125 cm³/mol. The van der Waals surface area contributed by atoms with Gasteiger partial charge in [0.05, 0.1) is 11.7 Å². The van der Waals surface area contributed by atoms with Crippen molar-refractivity contribution in [2.45, 2.75) is 25.3 Å². The van der Waals surface area contributed by atoms with E-state index in [1.165, 1.54) is 4.31 Å². The molecule has 0 aromatic heterocycles. The molecule has 0 amide bonds. The first-order valence-corrected chi connectivity index (χ1v) is 11.6. The number of carboxylic acids is 1. The van der Waals surface area contributed by atoms with E-state index in [0.29, 0.717) is 22.9 Å². The number of aliphatic carboxylic acids is 1. The molecule has 32 heavy (non-hydrogen) atoms. The van der Waals surface area contributed by atoms with Crippen LogP contribution in [0.25, 0.3) is 11.1 Å². The summed E-state index contributed by atoms with van der Waals surface area (Å²) in [5.41, 5.74) is 4.36. The van der Waals surface area contributed by atoms with Crippen molar-refractivity contribution in [2.24, 2.45) is 0 Å². The second-order valence-electron chi connectivity index (χ2n) is 7.52. The van der Waals surface area contributed by atoms with Gasteiger partial charge in [-0.1, -0.05) is 48.0 Å². The maximum Gasteiger partial charge on any atom is 0.341 e. The van der Waals surface area contributed by atoms with E-state index in [0.717, 1.165) is 35.1 Å². The zero-order valence-corrected chi connectivity index (χ0v) is 18.7. The fraction of sp³-hybridized carbons (Fsp3) is 0.208. The second kappa shape index (κ2) is 9.73. The molecular formula is C24H22ClNO5S. The molecule has 2 unspecified atom stereocenters. The fourth-order valence-electron chi connectivity index (χ4n) is 4.13. The van der Waals surface area contributed by atoms with E-state index in [9.17, 15) is 13.6 Å². The highest BCUT2D eigenvalue weighted by Gasteiger charge is 2.31. The van der Waals surface area contributed by atoms with Gasteiger partial charge in [-0.15, -0.1) is 0 Å². The Hall–Kier alpha value is -2.87. The van der Waals surface area contributed by atoms with Crippen LogP contribution in [0.2, 0.25) is 5.02 Å². The largest absolute Gasteiger partial charge is 0.482 e. The van der Waals surface area contributed by atoms with Crippen LogP contribution in [0.3, 0.4) is 0 Å². The Balaban J connectivity index is 1.66. The van der Waals surface area contributed by atoms with Gasteiger partial charge in [0.15, 0.2) is 6.61 Å². The molecule has 4 rings (SSSR count). The molecule has 0 spiro atoms. The zero-order chi connectivity index (χ0) is 22.7. The lowest BCUT2D eigenvalue weighted by molar-refractivity contribution is -0.139. The molecule has 0 saturated carbocycles. The highest BCUT2D eigenvalue weighted by atomic mass is 35.5. The van der Waals surface area contributed by atoms with Crippen LogP contribution in [0, 0.1) is 0 Å². The van der Waals surface area contributed by atoms with Gasteiger partial charge in [0.1, 0.15) is 5.75 Å². The van der Waals surface area contributed by atoms with E-state index in [1.54, 1.807) is 12.1 Å². The van der Waals surface area contributed by atoms with Crippen LogP contribution in [-0.4, -0.2) is 26.4 Å². The maximum atomic E-state index is 12.4. The number of hydrogen-bond donors (Lipinski definition) is 2. The van der Waals surface area contributed by atoms with Gasteiger partial charge >= 0.3 is 5.97 Å². The first-order chi connectivity index (χ1) is 15.4. The lowest BCUT2D eigenvalue weighted by Gasteiger charge is -2.35. The molecule has 1 aliphatic rings. The number of fused-ring (bicyclic) bond motifs is 1. The summed E-state index contributed by atoms with van der Waals surface area (Å²) in [7, 11) is 0. The van der Waals surface area contributed by atoms with Crippen molar-refractivity contribution < 1.29 is 23.4 Å². The number of carboxylic acid groups (broad SMARTS) is 1. The van der Waals surface area contributed by atoms with E-state index in [4.69, 9.17) is 21.4 Å². The van der Waals surface area contributed by atoms with Gasteiger partial charge in [-0.25, -0.2) is 9.00 Å². The quantitative estimate of drug-likeness (QED) is 0.445. The van der Waals surface area contributed by atoms with E-state index < -0.39 is 23.8 Å². The topological polar surface area (TPSA) is 87.1 Å². The van der Waals surface area contributed by atoms with Crippen molar-refractivity contribution in [1.82, 2.24) is 0 Å². The summed E-state index contributed by atoms with van der Waals surface area (Å²) in [4.78, 5) is 10.9. The van der Waals surface area contributed by atoms with Crippen LogP contribution >= 0.6 is 11.6 Å². The number of nitrogens with zero attached hydrogens (tertiary/aromatic N) is 1. The van der Waals surface area contributed by atoms with Crippen molar-refractivity contribution in [3.63, 3.8) is 0 Å². The van der Waals surface area contributed by atoms with E-state index >= 15 is 0 Å². The highest BCUT2D eigenvalue weighted by molar-refractivity contribution is 7.80. The second-order valence-corrected chi connectivity index (χ2v) is 8.82. The third-order valence-corrected chi connectivity index (χ3v) is 6.59. The Kier molecular flexibility index (Phi) is 6.79. The van der Waals surface area contributed by atoms with E-state index in [-0.39, 0.29) is 6.04 Å². The van der Waals surface area contributed by atoms with Gasteiger partial charge in [-0.3, -0.25) is 8.86 Å².